The van der Waals surface area contributed by atoms with Crippen molar-refractivity contribution >= 4 is 18.3 Å². The molecule has 1 unspecified atom stereocenters. The molecular formula is C11H15ClF2N2O. The van der Waals surface area contributed by atoms with Crippen LogP contribution in [-0.2, 0) is 11.2 Å². The molecular weight excluding hydrogens is 250 g/mol. The van der Waals surface area contributed by atoms with Gasteiger partial charge in [-0.25, -0.2) is 8.78 Å². The van der Waals surface area contributed by atoms with Gasteiger partial charge >= 0.3 is 0 Å². The van der Waals surface area contributed by atoms with Crippen LogP contribution in [0.3, 0.4) is 0 Å². The summed E-state index contributed by atoms with van der Waals surface area (Å²) < 4.78 is 23.7. The van der Waals surface area contributed by atoms with Gasteiger partial charge in [-0.05, 0) is 12.0 Å². The molecule has 0 heterocycles. The van der Waals surface area contributed by atoms with Crippen LogP contribution in [0.5, 0.6) is 0 Å². The zero-order valence-corrected chi connectivity index (χ0v) is 9.92. The molecule has 1 aromatic rings. The first-order chi connectivity index (χ1) is 7.59. The third-order valence-corrected chi connectivity index (χ3v) is 2.07. The summed E-state index contributed by atoms with van der Waals surface area (Å²) in [6, 6.07) is 8.39. The average Bonchev–Trinajstić information content (AvgIpc) is 2.27. The molecule has 0 aromatic heterocycles. The molecule has 0 bridgehead atoms. The molecule has 0 fully saturated rings. The van der Waals surface area contributed by atoms with Crippen molar-refractivity contribution in [3.05, 3.63) is 35.9 Å². The number of hydrogen-bond acceptors (Lipinski definition) is 2. The predicted octanol–water partition coefficient (Wildman–Crippen LogP) is 1.36. The Bertz CT molecular complexity index is 336. The Labute approximate surface area is 105 Å². The van der Waals surface area contributed by atoms with Crippen LogP contribution in [0.15, 0.2) is 30.3 Å². The predicted molar refractivity (Wildman–Crippen MR) is 64.4 cm³/mol. The summed E-state index contributed by atoms with van der Waals surface area (Å²) in [5.41, 5.74) is 6.48. The molecule has 1 amide bonds. The standard InChI is InChI=1S/C11H14F2N2O.ClH/c12-10(13)7-15-11(16)9(14)6-8-4-2-1-3-5-8;/h1-5,9-10H,6-7,14H2,(H,15,16);1H. The van der Waals surface area contributed by atoms with E-state index in [1.165, 1.54) is 0 Å². The quantitative estimate of drug-likeness (QED) is 0.844. The Morgan fingerprint density at radius 3 is 2.41 bits per heavy atom. The zero-order chi connectivity index (χ0) is 12.0. The minimum absolute atomic E-state index is 0. The fourth-order valence-corrected chi connectivity index (χ4v) is 1.27. The van der Waals surface area contributed by atoms with Gasteiger partial charge in [0.05, 0.1) is 12.6 Å². The summed E-state index contributed by atoms with van der Waals surface area (Å²) in [7, 11) is 0. The van der Waals surface area contributed by atoms with Crippen molar-refractivity contribution in [2.24, 2.45) is 5.73 Å². The summed E-state index contributed by atoms with van der Waals surface area (Å²) in [6.45, 7) is -0.651. The third-order valence-electron chi connectivity index (χ3n) is 2.07. The molecule has 3 N–H and O–H groups in total. The van der Waals surface area contributed by atoms with Crippen LogP contribution in [0.4, 0.5) is 8.78 Å². The van der Waals surface area contributed by atoms with Crippen LogP contribution in [0.1, 0.15) is 5.56 Å². The maximum atomic E-state index is 11.8. The smallest absolute Gasteiger partial charge is 0.255 e. The monoisotopic (exact) mass is 264 g/mol. The Balaban J connectivity index is 0.00000256. The minimum Gasteiger partial charge on any atom is -0.349 e. The third kappa shape index (κ3) is 6.19. The highest BCUT2D eigenvalue weighted by atomic mass is 35.5. The first-order valence-electron chi connectivity index (χ1n) is 4.95. The lowest BCUT2D eigenvalue weighted by atomic mass is 10.1. The summed E-state index contributed by atoms with van der Waals surface area (Å²) in [5.74, 6) is -0.552. The van der Waals surface area contributed by atoms with Gasteiger partial charge in [0.1, 0.15) is 0 Å². The van der Waals surface area contributed by atoms with Gasteiger partial charge in [0.15, 0.2) is 0 Å². The second-order valence-corrected chi connectivity index (χ2v) is 3.43. The van der Waals surface area contributed by atoms with Crippen molar-refractivity contribution < 1.29 is 13.6 Å². The Kier molecular flexibility index (Phi) is 7.41. The molecule has 3 nitrogen and oxygen atoms in total. The van der Waals surface area contributed by atoms with Crippen LogP contribution in [0.25, 0.3) is 0 Å². The number of hydrogen-bond donors (Lipinski definition) is 2. The van der Waals surface area contributed by atoms with Crippen molar-refractivity contribution in [3.63, 3.8) is 0 Å². The van der Waals surface area contributed by atoms with Gasteiger partial charge in [-0.3, -0.25) is 4.79 Å². The number of nitrogens with two attached hydrogens (primary N) is 1. The van der Waals surface area contributed by atoms with E-state index >= 15 is 0 Å². The largest absolute Gasteiger partial charge is 0.349 e. The highest BCUT2D eigenvalue weighted by molar-refractivity contribution is 5.85. The molecule has 0 aliphatic rings. The Morgan fingerprint density at radius 1 is 1.29 bits per heavy atom. The van der Waals surface area contributed by atoms with Crippen molar-refractivity contribution in [3.8, 4) is 0 Å². The molecule has 96 valence electrons. The van der Waals surface area contributed by atoms with E-state index in [1.807, 2.05) is 30.3 Å². The maximum Gasteiger partial charge on any atom is 0.255 e. The van der Waals surface area contributed by atoms with E-state index in [0.29, 0.717) is 6.42 Å². The number of nitrogens with one attached hydrogen (secondary N) is 1. The first-order valence-corrected chi connectivity index (χ1v) is 4.95. The van der Waals surface area contributed by atoms with Crippen molar-refractivity contribution in [1.82, 2.24) is 5.32 Å². The van der Waals surface area contributed by atoms with Crippen LogP contribution in [-0.4, -0.2) is 24.9 Å². The molecule has 0 radical (unpaired) electrons. The number of alkyl halides is 2. The lowest BCUT2D eigenvalue weighted by Gasteiger charge is -2.11. The van der Waals surface area contributed by atoms with Crippen molar-refractivity contribution in [2.45, 2.75) is 18.9 Å². The Hall–Kier alpha value is -1.20. The van der Waals surface area contributed by atoms with E-state index in [9.17, 15) is 13.6 Å². The van der Waals surface area contributed by atoms with Gasteiger partial charge in [-0.1, -0.05) is 30.3 Å². The molecule has 0 saturated heterocycles. The van der Waals surface area contributed by atoms with Crippen molar-refractivity contribution in [2.75, 3.05) is 6.54 Å². The molecule has 0 saturated carbocycles. The lowest BCUT2D eigenvalue weighted by molar-refractivity contribution is -0.122. The first kappa shape index (κ1) is 15.8. The van der Waals surface area contributed by atoms with Gasteiger partial charge in [0, 0.05) is 0 Å². The van der Waals surface area contributed by atoms with Gasteiger partial charge in [-0.15, -0.1) is 12.4 Å². The zero-order valence-electron chi connectivity index (χ0n) is 9.11. The molecule has 1 rings (SSSR count). The van der Waals surface area contributed by atoms with E-state index in [1.54, 1.807) is 0 Å². The van der Waals surface area contributed by atoms with E-state index in [2.05, 4.69) is 5.32 Å². The fraction of sp³-hybridized carbons (Fsp3) is 0.364. The summed E-state index contributed by atoms with van der Waals surface area (Å²) in [5, 5.41) is 2.09. The minimum atomic E-state index is -2.55. The topological polar surface area (TPSA) is 55.1 Å². The maximum absolute atomic E-state index is 11.8. The molecule has 0 aliphatic heterocycles. The number of carbonyl (C=O) groups is 1. The average molecular weight is 265 g/mol. The normalized spacial score (nSPS) is 11.8. The van der Waals surface area contributed by atoms with Crippen LogP contribution >= 0.6 is 12.4 Å². The molecule has 6 heteroatoms. The second kappa shape index (κ2) is 7.97. The van der Waals surface area contributed by atoms with Crippen LogP contribution < -0.4 is 11.1 Å². The fourth-order valence-electron chi connectivity index (χ4n) is 1.27. The molecule has 0 spiro atoms. The number of amides is 1. The number of rotatable bonds is 5. The van der Waals surface area contributed by atoms with E-state index in [4.69, 9.17) is 5.73 Å². The van der Waals surface area contributed by atoms with E-state index in [0.717, 1.165) is 5.56 Å². The van der Waals surface area contributed by atoms with E-state index < -0.39 is 24.9 Å². The molecule has 17 heavy (non-hydrogen) atoms. The van der Waals surface area contributed by atoms with Gasteiger partial charge in [-0.2, -0.15) is 0 Å². The number of halogens is 3. The molecule has 0 aliphatic carbocycles. The SMILES string of the molecule is Cl.NC(Cc1ccccc1)C(=O)NCC(F)F. The van der Waals surface area contributed by atoms with Gasteiger partial charge < -0.3 is 11.1 Å². The lowest BCUT2D eigenvalue weighted by Crippen LogP contribution is -2.43. The van der Waals surface area contributed by atoms with E-state index in [-0.39, 0.29) is 12.4 Å². The molecule has 1 atom stereocenters. The highest BCUT2D eigenvalue weighted by Crippen LogP contribution is 2.01. The van der Waals surface area contributed by atoms with Crippen LogP contribution in [0.2, 0.25) is 0 Å². The second-order valence-electron chi connectivity index (χ2n) is 3.43. The summed E-state index contributed by atoms with van der Waals surface area (Å²) in [4.78, 5) is 11.3. The summed E-state index contributed by atoms with van der Waals surface area (Å²) in [6.07, 6.45) is -2.21. The Morgan fingerprint density at radius 2 is 1.88 bits per heavy atom. The van der Waals surface area contributed by atoms with Gasteiger partial charge in [0.25, 0.3) is 6.43 Å². The molecule has 1 aromatic carbocycles. The summed E-state index contributed by atoms with van der Waals surface area (Å²) >= 11 is 0. The van der Waals surface area contributed by atoms with Crippen molar-refractivity contribution in [1.29, 1.82) is 0 Å². The number of benzene rings is 1. The number of carbonyl (C=O) groups excluding carboxylic acids is 1. The highest BCUT2D eigenvalue weighted by Gasteiger charge is 2.15. The van der Waals surface area contributed by atoms with Gasteiger partial charge in [0.2, 0.25) is 5.91 Å². The van der Waals surface area contributed by atoms with Crippen LogP contribution in [0, 0.1) is 0 Å².